The first-order valence-corrected chi connectivity index (χ1v) is 12.8. The van der Waals surface area contributed by atoms with Crippen LogP contribution in [0.1, 0.15) is 58.7 Å². The molecule has 0 spiro atoms. The van der Waals surface area contributed by atoms with Crippen LogP contribution in [0.3, 0.4) is 0 Å². The molecule has 3 aromatic rings. The Labute approximate surface area is 215 Å². The number of fused-ring (bicyclic) bond motifs is 2. The zero-order chi connectivity index (χ0) is 25.9. The SMILES string of the molecule is CCOC(=O)C[C@@H](c1ccc(O)c(F)c1)N1CCn2cc(CCc3ccc4c(n3)NCCC4)cc2C1=O. The Morgan fingerprint density at radius 1 is 1.22 bits per heavy atom. The number of benzene rings is 1. The maximum absolute atomic E-state index is 14.2. The maximum atomic E-state index is 14.2. The van der Waals surface area contributed by atoms with Gasteiger partial charge in [0.15, 0.2) is 11.6 Å². The fourth-order valence-electron chi connectivity index (χ4n) is 5.13. The van der Waals surface area contributed by atoms with Crippen LogP contribution in [0.4, 0.5) is 10.2 Å². The normalized spacial score (nSPS) is 15.5. The van der Waals surface area contributed by atoms with Crippen LogP contribution < -0.4 is 5.32 Å². The van der Waals surface area contributed by atoms with Crippen molar-refractivity contribution < 1.29 is 23.8 Å². The highest BCUT2D eigenvalue weighted by Crippen LogP contribution is 2.32. The predicted octanol–water partition coefficient (Wildman–Crippen LogP) is 4.02. The Bertz CT molecular complexity index is 1320. The van der Waals surface area contributed by atoms with Gasteiger partial charge in [0.1, 0.15) is 11.5 Å². The van der Waals surface area contributed by atoms with Gasteiger partial charge in [-0.25, -0.2) is 9.37 Å². The molecule has 1 aromatic carbocycles. The molecule has 0 unspecified atom stereocenters. The van der Waals surface area contributed by atoms with Crippen molar-refractivity contribution in [3.05, 3.63) is 76.5 Å². The Hall–Kier alpha value is -3.88. The molecular weight excluding hydrogens is 475 g/mol. The van der Waals surface area contributed by atoms with E-state index in [9.17, 15) is 19.1 Å². The molecule has 0 bridgehead atoms. The van der Waals surface area contributed by atoms with Crippen LogP contribution in [0, 0.1) is 5.82 Å². The fourth-order valence-corrected chi connectivity index (χ4v) is 5.13. The van der Waals surface area contributed by atoms with E-state index in [1.165, 1.54) is 23.8 Å². The second-order valence-electron chi connectivity index (χ2n) is 9.50. The molecule has 2 aliphatic rings. The van der Waals surface area contributed by atoms with E-state index in [2.05, 4.69) is 17.4 Å². The molecule has 37 heavy (non-hydrogen) atoms. The minimum Gasteiger partial charge on any atom is -0.505 e. The summed E-state index contributed by atoms with van der Waals surface area (Å²) in [5, 5.41) is 13.0. The molecule has 1 atom stereocenters. The summed E-state index contributed by atoms with van der Waals surface area (Å²) in [7, 11) is 0. The molecule has 0 radical (unpaired) electrons. The molecule has 4 heterocycles. The van der Waals surface area contributed by atoms with E-state index < -0.39 is 23.6 Å². The lowest BCUT2D eigenvalue weighted by Gasteiger charge is -2.35. The number of aromatic nitrogens is 2. The average Bonchev–Trinajstić information content (AvgIpc) is 3.32. The molecule has 5 rings (SSSR count). The number of phenolic OH excluding ortho intramolecular Hbond substituents is 1. The van der Waals surface area contributed by atoms with Gasteiger partial charge in [-0.2, -0.15) is 0 Å². The lowest BCUT2D eigenvalue weighted by molar-refractivity contribution is -0.144. The molecular formula is C28H31FN4O4. The summed E-state index contributed by atoms with van der Waals surface area (Å²) in [6.07, 6.45) is 5.58. The molecule has 1 amide bonds. The Morgan fingerprint density at radius 2 is 2.08 bits per heavy atom. The number of anilines is 1. The Balaban J connectivity index is 1.33. The first-order chi connectivity index (χ1) is 17.9. The zero-order valence-electron chi connectivity index (χ0n) is 20.9. The van der Waals surface area contributed by atoms with Crippen LogP contribution >= 0.6 is 0 Å². The highest BCUT2D eigenvalue weighted by molar-refractivity contribution is 5.94. The van der Waals surface area contributed by atoms with E-state index in [0.717, 1.165) is 49.3 Å². The second kappa shape index (κ2) is 10.6. The number of pyridine rings is 1. The predicted molar refractivity (Wildman–Crippen MR) is 136 cm³/mol. The number of halogens is 1. The van der Waals surface area contributed by atoms with Gasteiger partial charge < -0.3 is 24.6 Å². The van der Waals surface area contributed by atoms with Gasteiger partial charge in [0.05, 0.1) is 19.1 Å². The van der Waals surface area contributed by atoms with E-state index >= 15 is 0 Å². The third-order valence-corrected chi connectivity index (χ3v) is 7.03. The lowest BCUT2D eigenvalue weighted by atomic mass is 10.00. The number of esters is 1. The van der Waals surface area contributed by atoms with E-state index in [0.29, 0.717) is 24.3 Å². The van der Waals surface area contributed by atoms with E-state index in [4.69, 9.17) is 9.72 Å². The van der Waals surface area contributed by atoms with Crippen LogP contribution in [0.2, 0.25) is 0 Å². The van der Waals surface area contributed by atoms with Crippen molar-refractivity contribution in [3.8, 4) is 5.75 Å². The Kier molecular flexibility index (Phi) is 7.12. The summed E-state index contributed by atoms with van der Waals surface area (Å²) in [5.41, 5.74) is 4.27. The fraction of sp³-hybridized carbons (Fsp3) is 0.393. The number of hydrogen-bond donors (Lipinski definition) is 2. The van der Waals surface area contributed by atoms with Crippen LogP contribution in [0.25, 0.3) is 0 Å². The third kappa shape index (κ3) is 5.30. The van der Waals surface area contributed by atoms with E-state index in [1.807, 2.05) is 16.8 Å². The standard InChI is InChI=1S/C28H31FN4O4/c1-2-37-26(35)16-23(20-7-10-25(34)22(29)15-20)33-13-12-32-17-18(14-24(32)28(33)36)5-8-21-9-6-19-4-3-11-30-27(19)31-21/h6-7,9-10,14-15,17,23,34H,2-5,8,11-13,16H2,1H3,(H,30,31)/t23-/m0/s1. The van der Waals surface area contributed by atoms with E-state index in [1.54, 1.807) is 11.8 Å². The number of rotatable bonds is 8. The van der Waals surface area contributed by atoms with Crippen molar-refractivity contribution in [1.82, 2.24) is 14.5 Å². The molecule has 0 aliphatic carbocycles. The van der Waals surface area contributed by atoms with Gasteiger partial charge in [-0.15, -0.1) is 0 Å². The van der Waals surface area contributed by atoms with Crippen molar-refractivity contribution in [2.75, 3.05) is 25.0 Å². The van der Waals surface area contributed by atoms with Crippen molar-refractivity contribution in [1.29, 1.82) is 0 Å². The van der Waals surface area contributed by atoms with Crippen LogP contribution in [0.5, 0.6) is 5.75 Å². The van der Waals surface area contributed by atoms with Gasteiger partial charge in [0.2, 0.25) is 0 Å². The first-order valence-electron chi connectivity index (χ1n) is 12.8. The molecule has 0 saturated heterocycles. The summed E-state index contributed by atoms with van der Waals surface area (Å²) in [4.78, 5) is 32.3. The third-order valence-electron chi connectivity index (χ3n) is 7.03. The molecule has 2 aromatic heterocycles. The summed E-state index contributed by atoms with van der Waals surface area (Å²) in [5.74, 6) is -0.998. The van der Waals surface area contributed by atoms with Gasteiger partial charge in [-0.1, -0.05) is 12.1 Å². The minimum absolute atomic E-state index is 0.102. The number of aryl methyl sites for hydroxylation is 3. The topological polar surface area (TPSA) is 96.7 Å². The first kappa shape index (κ1) is 24.8. The highest BCUT2D eigenvalue weighted by Gasteiger charge is 2.33. The molecule has 2 aliphatic heterocycles. The minimum atomic E-state index is -0.799. The number of phenols is 1. The Morgan fingerprint density at radius 3 is 2.89 bits per heavy atom. The molecule has 0 saturated carbocycles. The quantitative estimate of drug-likeness (QED) is 0.448. The number of carbonyl (C=O) groups excluding carboxylic acids is 2. The van der Waals surface area contributed by atoms with Crippen molar-refractivity contribution >= 4 is 17.7 Å². The largest absolute Gasteiger partial charge is 0.505 e. The molecule has 0 fully saturated rings. The van der Waals surface area contributed by atoms with Crippen LogP contribution in [-0.4, -0.2) is 51.1 Å². The lowest BCUT2D eigenvalue weighted by Crippen LogP contribution is -2.43. The van der Waals surface area contributed by atoms with Gasteiger partial charge in [-0.05, 0) is 73.6 Å². The summed E-state index contributed by atoms with van der Waals surface area (Å²) < 4.78 is 21.2. The van der Waals surface area contributed by atoms with Crippen molar-refractivity contribution in [3.63, 3.8) is 0 Å². The number of nitrogens with one attached hydrogen (secondary N) is 1. The number of carbonyl (C=O) groups is 2. The summed E-state index contributed by atoms with van der Waals surface area (Å²) in [6.45, 7) is 3.79. The monoisotopic (exact) mass is 506 g/mol. The molecule has 8 nitrogen and oxygen atoms in total. The number of amides is 1. The van der Waals surface area contributed by atoms with Gasteiger partial charge in [0.25, 0.3) is 5.91 Å². The van der Waals surface area contributed by atoms with Crippen LogP contribution in [-0.2, 0) is 35.3 Å². The number of hydrogen-bond acceptors (Lipinski definition) is 6. The van der Waals surface area contributed by atoms with Gasteiger partial charge in [-0.3, -0.25) is 9.59 Å². The second-order valence-corrected chi connectivity index (χ2v) is 9.50. The highest BCUT2D eigenvalue weighted by atomic mass is 19.1. The van der Waals surface area contributed by atoms with Crippen molar-refractivity contribution in [2.45, 2.75) is 51.6 Å². The molecule has 9 heteroatoms. The summed E-state index contributed by atoms with van der Waals surface area (Å²) >= 11 is 0. The van der Waals surface area contributed by atoms with Crippen LogP contribution in [0.15, 0.2) is 42.6 Å². The molecule has 194 valence electrons. The number of ether oxygens (including phenoxy) is 1. The number of aromatic hydroxyl groups is 1. The molecule has 2 N–H and O–H groups in total. The average molecular weight is 507 g/mol. The smallest absolute Gasteiger partial charge is 0.308 e. The summed E-state index contributed by atoms with van der Waals surface area (Å²) in [6, 6.07) is 9.35. The van der Waals surface area contributed by atoms with E-state index in [-0.39, 0.29) is 18.9 Å². The van der Waals surface area contributed by atoms with Crippen molar-refractivity contribution in [2.24, 2.45) is 0 Å². The zero-order valence-corrected chi connectivity index (χ0v) is 20.9. The van der Waals surface area contributed by atoms with Gasteiger partial charge >= 0.3 is 5.97 Å². The number of nitrogens with zero attached hydrogens (tertiary/aromatic N) is 3. The van der Waals surface area contributed by atoms with Gasteiger partial charge in [0, 0.05) is 31.5 Å². The maximum Gasteiger partial charge on any atom is 0.308 e.